The van der Waals surface area contributed by atoms with Crippen molar-refractivity contribution in [1.82, 2.24) is 5.32 Å². The monoisotopic (exact) mass is 337 g/mol. The third-order valence-corrected chi connectivity index (χ3v) is 4.51. The largest absolute Gasteiger partial charge is 0.479 e. The summed E-state index contributed by atoms with van der Waals surface area (Å²) in [6, 6.07) is 7.31. The first-order valence-electron chi connectivity index (χ1n) is 7.51. The molecule has 6 heteroatoms. The van der Waals surface area contributed by atoms with Crippen molar-refractivity contribution in [3.05, 3.63) is 47.5 Å². The van der Waals surface area contributed by atoms with E-state index in [1.807, 2.05) is 12.1 Å². The van der Waals surface area contributed by atoms with Gasteiger partial charge in [-0.1, -0.05) is 42.8 Å². The van der Waals surface area contributed by atoms with Crippen LogP contribution in [0.1, 0.15) is 24.8 Å². The lowest BCUT2D eigenvalue weighted by molar-refractivity contribution is -0.146. The molecule has 2 unspecified atom stereocenters. The van der Waals surface area contributed by atoms with E-state index in [2.05, 4.69) is 11.9 Å². The van der Waals surface area contributed by atoms with Crippen LogP contribution in [0.2, 0.25) is 5.02 Å². The maximum atomic E-state index is 11.9. The van der Waals surface area contributed by atoms with Crippen molar-refractivity contribution in [2.75, 3.05) is 6.61 Å². The minimum Gasteiger partial charge on any atom is -0.479 e. The molecule has 124 valence electrons. The summed E-state index contributed by atoms with van der Waals surface area (Å²) < 4.78 is 4.89. The summed E-state index contributed by atoms with van der Waals surface area (Å²) in [4.78, 5) is 23.7. The van der Waals surface area contributed by atoms with Crippen molar-refractivity contribution < 1.29 is 19.4 Å². The van der Waals surface area contributed by atoms with Gasteiger partial charge in [0.05, 0.1) is 0 Å². The second kappa shape index (κ2) is 7.51. The summed E-state index contributed by atoms with van der Waals surface area (Å²) in [5.41, 5.74) is -0.300. The van der Waals surface area contributed by atoms with Gasteiger partial charge < -0.3 is 15.2 Å². The van der Waals surface area contributed by atoms with Crippen LogP contribution in [0.25, 0.3) is 0 Å². The summed E-state index contributed by atoms with van der Waals surface area (Å²) in [6.07, 6.45) is 3.14. The second-order valence-electron chi connectivity index (χ2n) is 5.71. The standard InChI is InChI=1S/C17H20ClNO4/c1-2-10-23-16(22)19-17(15(20)21)9-3-4-13(17)11-12-5-7-14(18)8-6-12/h2,5-8,13H,1,3-4,9-11H2,(H,19,22)(H,20,21). The summed E-state index contributed by atoms with van der Waals surface area (Å²) >= 11 is 5.88. The van der Waals surface area contributed by atoms with Crippen LogP contribution in [0.5, 0.6) is 0 Å². The van der Waals surface area contributed by atoms with Crippen LogP contribution in [0.3, 0.4) is 0 Å². The van der Waals surface area contributed by atoms with Gasteiger partial charge in [-0.15, -0.1) is 0 Å². The fourth-order valence-electron chi connectivity index (χ4n) is 3.11. The molecule has 1 amide bonds. The smallest absolute Gasteiger partial charge is 0.408 e. The van der Waals surface area contributed by atoms with Crippen LogP contribution in [0, 0.1) is 5.92 Å². The molecule has 2 rings (SSSR count). The molecule has 0 heterocycles. The van der Waals surface area contributed by atoms with Gasteiger partial charge in [0.1, 0.15) is 12.1 Å². The van der Waals surface area contributed by atoms with E-state index in [1.165, 1.54) is 6.08 Å². The summed E-state index contributed by atoms with van der Waals surface area (Å²) in [5, 5.41) is 12.9. The Labute approximate surface area is 140 Å². The molecule has 5 nitrogen and oxygen atoms in total. The molecule has 0 spiro atoms. The molecule has 1 aromatic rings. The van der Waals surface area contributed by atoms with E-state index < -0.39 is 17.6 Å². The Balaban J connectivity index is 2.15. The van der Waals surface area contributed by atoms with Gasteiger partial charge in [0.2, 0.25) is 0 Å². The first kappa shape index (κ1) is 17.3. The molecule has 2 atom stereocenters. The van der Waals surface area contributed by atoms with E-state index in [1.54, 1.807) is 12.1 Å². The maximum absolute atomic E-state index is 11.9. The lowest BCUT2D eigenvalue weighted by Crippen LogP contribution is -2.57. The number of benzene rings is 1. The number of hydrogen-bond donors (Lipinski definition) is 2. The van der Waals surface area contributed by atoms with Gasteiger partial charge in [-0.25, -0.2) is 9.59 Å². The van der Waals surface area contributed by atoms with Crippen molar-refractivity contribution in [2.24, 2.45) is 5.92 Å². The van der Waals surface area contributed by atoms with Crippen molar-refractivity contribution in [1.29, 1.82) is 0 Å². The van der Waals surface area contributed by atoms with Gasteiger partial charge >= 0.3 is 12.1 Å². The van der Waals surface area contributed by atoms with Crippen LogP contribution in [-0.4, -0.2) is 29.3 Å². The lowest BCUT2D eigenvalue weighted by atomic mass is 9.82. The van der Waals surface area contributed by atoms with E-state index in [-0.39, 0.29) is 12.5 Å². The highest BCUT2D eigenvalue weighted by Gasteiger charge is 2.50. The van der Waals surface area contributed by atoms with Crippen molar-refractivity contribution in [3.63, 3.8) is 0 Å². The molecule has 1 aliphatic carbocycles. The molecule has 1 aromatic carbocycles. The zero-order valence-electron chi connectivity index (χ0n) is 12.8. The number of carbonyl (C=O) groups excluding carboxylic acids is 1. The fourth-order valence-corrected chi connectivity index (χ4v) is 3.24. The van der Waals surface area contributed by atoms with Crippen LogP contribution in [0.15, 0.2) is 36.9 Å². The third-order valence-electron chi connectivity index (χ3n) is 4.26. The molecule has 1 fully saturated rings. The highest BCUT2D eigenvalue weighted by molar-refractivity contribution is 6.30. The molecule has 0 radical (unpaired) electrons. The number of aliphatic carboxylic acids is 1. The molecule has 1 saturated carbocycles. The third kappa shape index (κ3) is 4.05. The Morgan fingerprint density at radius 3 is 2.74 bits per heavy atom. The van der Waals surface area contributed by atoms with Gasteiger partial charge in [-0.2, -0.15) is 0 Å². The number of amides is 1. The molecular weight excluding hydrogens is 318 g/mol. The Hall–Kier alpha value is -2.01. The van der Waals surface area contributed by atoms with E-state index in [0.29, 0.717) is 17.9 Å². The molecule has 0 bridgehead atoms. The quantitative estimate of drug-likeness (QED) is 0.780. The number of carboxylic acids is 1. The maximum Gasteiger partial charge on any atom is 0.408 e. The number of nitrogens with one attached hydrogen (secondary N) is 1. The highest BCUT2D eigenvalue weighted by Crippen LogP contribution is 2.38. The number of ether oxygens (including phenoxy) is 1. The molecule has 23 heavy (non-hydrogen) atoms. The van der Waals surface area contributed by atoms with Crippen LogP contribution < -0.4 is 5.32 Å². The molecule has 1 aliphatic rings. The molecule has 0 aliphatic heterocycles. The number of alkyl carbamates (subject to hydrolysis) is 1. The minimum absolute atomic E-state index is 0.0450. The van der Waals surface area contributed by atoms with Crippen molar-refractivity contribution >= 4 is 23.7 Å². The first-order valence-corrected chi connectivity index (χ1v) is 7.89. The molecule has 0 saturated heterocycles. The normalized spacial score (nSPS) is 23.3. The summed E-state index contributed by atoms with van der Waals surface area (Å²) in [7, 11) is 0. The minimum atomic E-state index is -1.29. The predicted octanol–water partition coefficient (Wildman–Crippen LogP) is 3.42. The number of hydrogen-bond acceptors (Lipinski definition) is 3. The Bertz CT molecular complexity index is 587. The van der Waals surface area contributed by atoms with Gasteiger partial charge in [0.25, 0.3) is 0 Å². The zero-order chi connectivity index (χ0) is 16.9. The summed E-state index contributed by atoms with van der Waals surface area (Å²) in [5.74, 6) is -1.22. The Morgan fingerprint density at radius 2 is 2.13 bits per heavy atom. The zero-order valence-corrected chi connectivity index (χ0v) is 13.5. The van der Waals surface area contributed by atoms with Crippen molar-refractivity contribution in [2.45, 2.75) is 31.2 Å². The predicted molar refractivity (Wildman–Crippen MR) is 87.5 cm³/mol. The van der Waals surface area contributed by atoms with Crippen LogP contribution in [0.4, 0.5) is 4.79 Å². The van der Waals surface area contributed by atoms with Gasteiger partial charge in [-0.3, -0.25) is 0 Å². The van der Waals surface area contributed by atoms with E-state index in [0.717, 1.165) is 18.4 Å². The number of rotatable bonds is 6. The van der Waals surface area contributed by atoms with E-state index >= 15 is 0 Å². The highest BCUT2D eigenvalue weighted by atomic mass is 35.5. The van der Waals surface area contributed by atoms with E-state index in [9.17, 15) is 14.7 Å². The molecule has 2 N–H and O–H groups in total. The average Bonchev–Trinajstić information content (AvgIpc) is 2.91. The lowest BCUT2D eigenvalue weighted by Gasteiger charge is -2.32. The van der Waals surface area contributed by atoms with Gasteiger partial charge in [0.15, 0.2) is 0 Å². The SMILES string of the molecule is C=CCOC(=O)NC1(C(=O)O)CCCC1Cc1ccc(Cl)cc1. The number of carboxylic acid groups (broad SMARTS) is 1. The Kier molecular flexibility index (Phi) is 5.66. The first-order chi connectivity index (χ1) is 11.0. The molecule has 0 aromatic heterocycles. The Morgan fingerprint density at radius 1 is 1.43 bits per heavy atom. The fraction of sp³-hybridized carbons (Fsp3) is 0.412. The summed E-state index contributed by atoms with van der Waals surface area (Å²) in [6.45, 7) is 3.51. The van der Waals surface area contributed by atoms with Gasteiger partial charge in [-0.05, 0) is 42.9 Å². The van der Waals surface area contributed by atoms with Crippen LogP contribution in [-0.2, 0) is 16.0 Å². The second-order valence-corrected chi connectivity index (χ2v) is 6.14. The number of halogens is 1. The van der Waals surface area contributed by atoms with Crippen molar-refractivity contribution in [3.8, 4) is 0 Å². The molecular formula is C17H20ClNO4. The number of carbonyl (C=O) groups is 2. The van der Waals surface area contributed by atoms with Gasteiger partial charge in [0, 0.05) is 5.02 Å². The average molecular weight is 338 g/mol. The van der Waals surface area contributed by atoms with E-state index in [4.69, 9.17) is 16.3 Å². The van der Waals surface area contributed by atoms with Crippen LogP contribution >= 0.6 is 11.6 Å². The topological polar surface area (TPSA) is 75.6 Å².